The van der Waals surface area contributed by atoms with Crippen molar-refractivity contribution in [1.82, 2.24) is 0 Å². The van der Waals surface area contributed by atoms with E-state index < -0.39 is 6.10 Å². The summed E-state index contributed by atoms with van der Waals surface area (Å²) in [7, 11) is 0. The van der Waals surface area contributed by atoms with Crippen LogP contribution in [0, 0.1) is 0 Å². The highest BCUT2D eigenvalue weighted by Crippen LogP contribution is 2.30. The van der Waals surface area contributed by atoms with Crippen LogP contribution < -0.4 is 0 Å². The van der Waals surface area contributed by atoms with Crippen molar-refractivity contribution in [2.75, 3.05) is 0 Å². The molecule has 19 heavy (non-hydrogen) atoms. The zero-order valence-corrected chi connectivity index (χ0v) is 12.6. The predicted molar refractivity (Wildman–Crippen MR) is 84.6 cm³/mol. The Kier molecular flexibility index (Phi) is 3.69. The third-order valence-electron chi connectivity index (χ3n) is 3.21. The van der Waals surface area contributed by atoms with Crippen LogP contribution in [0.1, 0.15) is 17.2 Å². The fraction of sp³-hybridized carbons (Fsp3) is 0.125. The summed E-state index contributed by atoms with van der Waals surface area (Å²) in [4.78, 5) is 0. The van der Waals surface area contributed by atoms with E-state index in [0.29, 0.717) is 6.42 Å². The molecule has 0 spiro atoms. The van der Waals surface area contributed by atoms with Gasteiger partial charge in [0.15, 0.2) is 0 Å². The molecule has 3 rings (SSSR count). The minimum Gasteiger partial charge on any atom is -0.388 e. The second-order valence-electron chi connectivity index (χ2n) is 4.53. The number of benzene rings is 2. The maximum Gasteiger partial charge on any atom is 0.0844 e. The molecule has 3 aromatic rings. The largest absolute Gasteiger partial charge is 0.388 e. The molecular formula is C16H13BrOS. The van der Waals surface area contributed by atoms with Gasteiger partial charge in [0.05, 0.1) is 6.10 Å². The first-order chi connectivity index (χ1) is 9.24. The Balaban J connectivity index is 1.89. The van der Waals surface area contributed by atoms with Gasteiger partial charge in [-0.25, -0.2) is 0 Å². The van der Waals surface area contributed by atoms with E-state index in [4.69, 9.17) is 0 Å². The van der Waals surface area contributed by atoms with Crippen LogP contribution in [0.25, 0.3) is 10.1 Å². The Hall–Kier alpha value is -1.16. The van der Waals surface area contributed by atoms with E-state index in [1.165, 1.54) is 10.1 Å². The van der Waals surface area contributed by atoms with E-state index >= 15 is 0 Å². The molecule has 1 heterocycles. The molecule has 2 aromatic carbocycles. The van der Waals surface area contributed by atoms with Crippen molar-refractivity contribution in [1.29, 1.82) is 0 Å². The van der Waals surface area contributed by atoms with Crippen molar-refractivity contribution in [3.8, 4) is 0 Å². The van der Waals surface area contributed by atoms with Crippen LogP contribution in [0.3, 0.4) is 0 Å². The monoisotopic (exact) mass is 332 g/mol. The summed E-state index contributed by atoms with van der Waals surface area (Å²) in [6.45, 7) is 0. The van der Waals surface area contributed by atoms with Gasteiger partial charge in [0.25, 0.3) is 0 Å². The predicted octanol–water partition coefficient (Wildman–Crippen LogP) is 4.94. The van der Waals surface area contributed by atoms with Crippen molar-refractivity contribution in [2.24, 2.45) is 0 Å². The number of rotatable bonds is 3. The second-order valence-corrected chi connectivity index (χ2v) is 6.36. The Morgan fingerprint density at radius 2 is 1.84 bits per heavy atom. The number of fused-ring (bicyclic) bond motifs is 1. The molecule has 1 aromatic heterocycles. The van der Waals surface area contributed by atoms with Crippen molar-refractivity contribution in [3.05, 3.63) is 69.5 Å². The van der Waals surface area contributed by atoms with Crippen LogP contribution in [-0.4, -0.2) is 5.11 Å². The van der Waals surface area contributed by atoms with Crippen molar-refractivity contribution in [3.63, 3.8) is 0 Å². The quantitative estimate of drug-likeness (QED) is 0.720. The Morgan fingerprint density at radius 3 is 2.63 bits per heavy atom. The molecule has 0 bridgehead atoms. The summed E-state index contributed by atoms with van der Waals surface area (Å²) in [6.07, 6.45) is 0.188. The van der Waals surface area contributed by atoms with Crippen molar-refractivity contribution < 1.29 is 5.11 Å². The van der Waals surface area contributed by atoms with Gasteiger partial charge < -0.3 is 5.11 Å². The maximum atomic E-state index is 10.5. The van der Waals surface area contributed by atoms with E-state index in [-0.39, 0.29) is 0 Å². The van der Waals surface area contributed by atoms with Crippen LogP contribution in [0.5, 0.6) is 0 Å². The van der Waals surface area contributed by atoms with E-state index in [1.807, 2.05) is 36.4 Å². The molecule has 1 unspecified atom stereocenters. The molecule has 0 aliphatic rings. The molecule has 0 fully saturated rings. The fourth-order valence-electron chi connectivity index (χ4n) is 2.23. The summed E-state index contributed by atoms with van der Waals surface area (Å²) in [6, 6.07) is 16.3. The lowest BCUT2D eigenvalue weighted by atomic mass is 10.0. The summed E-state index contributed by atoms with van der Waals surface area (Å²) >= 11 is 5.11. The maximum absolute atomic E-state index is 10.5. The molecule has 0 saturated carbocycles. The molecule has 0 saturated heterocycles. The van der Waals surface area contributed by atoms with E-state index in [1.54, 1.807) is 11.3 Å². The van der Waals surface area contributed by atoms with Gasteiger partial charge in [-0.05, 0) is 40.1 Å². The molecule has 1 N–H and O–H groups in total. The number of thiophene rings is 1. The van der Waals surface area contributed by atoms with E-state index in [9.17, 15) is 5.11 Å². The third kappa shape index (κ3) is 2.73. The number of hydrogen-bond acceptors (Lipinski definition) is 2. The van der Waals surface area contributed by atoms with Crippen molar-refractivity contribution in [2.45, 2.75) is 12.5 Å². The molecule has 0 amide bonds. The van der Waals surface area contributed by atoms with Crippen LogP contribution in [-0.2, 0) is 6.42 Å². The van der Waals surface area contributed by atoms with E-state index in [2.05, 4.69) is 33.4 Å². The van der Waals surface area contributed by atoms with Gasteiger partial charge in [-0.3, -0.25) is 0 Å². The summed E-state index contributed by atoms with van der Waals surface area (Å²) in [5, 5.41) is 13.7. The van der Waals surface area contributed by atoms with Gasteiger partial charge >= 0.3 is 0 Å². The Bertz CT molecular complexity index is 687. The summed E-state index contributed by atoms with van der Waals surface area (Å²) < 4.78 is 2.25. The highest BCUT2D eigenvalue weighted by molar-refractivity contribution is 9.10. The normalized spacial score (nSPS) is 12.7. The Morgan fingerprint density at radius 1 is 1.05 bits per heavy atom. The first-order valence-corrected chi connectivity index (χ1v) is 7.80. The first kappa shape index (κ1) is 12.9. The standard InChI is InChI=1S/C16H13BrOS/c17-13-6-4-11(5-7-13)10-15(18)14-3-1-2-12-8-9-19-16(12)14/h1-9,15,18H,10H2. The minimum absolute atomic E-state index is 0.455. The summed E-state index contributed by atoms with van der Waals surface area (Å²) in [5.41, 5.74) is 2.17. The minimum atomic E-state index is -0.455. The number of aliphatic hydroxyl groups is 1. The van der Waals surface area contributed by atoms with Crippen LogP contribution in [0.15, 0.2) is 58.4 Å². The van der Waals surface area contributed by atoms with Crippen LogP contribution in [0.2, 0.25) is 0 Å². The van der Waals surface area contributed by atoms with Gasteiger partial charge in [-0.1, -0.05) is 46.3 Å². The second kappa shape index (κ2) is 5.45. The van der Waals surface area contributed by atoms with Gasteiger partial charge in [0.1, 0.15) is 0 Å². The van der Waals surface area contributed by atoms with E-state index in [0.717, 1.165) is 15.6 Å². The van der Waals surface area contributed by atoms with Gasteiger partial charge in [0.2, 0.25) is 0 Å². The highest BCUT2D eigenvalue weighted by Gasteiger charge is 2.12. The average Bonchev–Trinajstić information content (AvgIpc) is 2.89. The lowest BCUT2D eigenvalue weighted by Crippen LogP contribution is -2.01. The lowest BCUT2D eigenvalue weighted by Gasteiger charge is -2.12. The molecule has 1 atom stereocenters. The topological polar surface area (TPSA) is 20.2 Å². The molecule has 96 valence electrons. The van der Waals surface area contributed by atoms with Gasteiger partial charge in [0, 0.05) is 15.6 Å². The fourth-order valence-corrected chi connectivity index (χ4v) is 3.46. The number of hydrogen-bond donors (Lipinski definition) is 1. The molecular weight excluding hydrogens is 320 g/mol. The van der Waals surface area contributed by atoms with Crippen LogP contribution >= 0.6 is 27.3 Å². The van der Waals surface area contributed by atoms with Crippen LogP contribution in [0.4, 0.5) is 0 Å². The molecule has 0 aliphatic carbocycles. The number of aliphatic hydroxyl groups excluding tert-OH is 1. The number of halogens is 1. The zero-order valence-electron chi connectivity index (χ0n) is 10.2. The third-order valence-corrected chi connectivity index (χ3v) is 4.72. The molecule has 0 radical (unpaired) electrons. The molecule has 0 aliphatic heterocycles. The molecule has 3 heteroatoms. The van der Waals surface area contributed by atoms with Gasteiger partial charge in [-0.15, -0.1) is 11.3 Å². The van der Waals surface area contributed by atoms with Gasteiger partial charge in [-0.2, -0.15) is 0 Å². The highest BCUT2D eigenvalue weighted by atomic mass is 79.9. The zero-order chi connectivity index (χ0) is 13.2. The average molecular weight is 333 g/mol. The van der Waals surface area contributed by atoms with Crippen molar-refractivity contribution >= 4 is 37.4 Å². The molecule has 1 nitrogen and oxygen atoms in total. The summed E-state index contributed by atoms with van der Waals surface area (Å²) in [5.74, 6) is 0. The SMILES string of the molecule is OC(Cc1ccc(Br)cc1)c1cccc2ccsc12. The smallest absolute Gasteiger partial charge is 0.0844 e. The lowest BCUT2D eigenvalue weighted by molar-refractivity contribution is 0.180. The first-order valence-electron chi connectivity index (χ1n) is 6.12. The Labute approximate surface area is 124 Å².